The van der Waals surface area contributed by atoms with Crippen LogP contribution in [0.3, 0.4) is 0 Å². The van der Waals surface area contributed by atoms with Crippen LogP contribution in [0.25, 0.3) is 16.7 Å². The Morgan fingerprint density at radius 3 is 2.42 bits per heavy atom. The van der Waals surface area contributed by atoms with Gasteiger partial charge in [0.25, 0.3) is 0 Å². The zero-order chi connectivity index (χ0) is 16.8. The van der Waals surface area contributed by atoms with Crippen LogP contribution >= 0.6 is 0 Å². The molecule has 0 saturated carbocycles. The SMILES string of the molecule is Cc1ccc2c(c1)[CH]([Hf+2])c1c(C3=CC=CC3)c(C)c3c(c1-2)[Si]3(C)C.[Cl-].[Cl-]. The quantitative estimate of drug-likeness (QED) is 0.368. The van der Waals surface area contributed by atoms with Gasteiger partial charge in [0.2, 0.25) is 0 Å². The van der Waals surface area contributed by atoms with Gasteiger partial charge in [-0.15, -0.1) is 0 Å². The number of fused-ring (bicyclic) bond motifs is 5. The first kappa shape index (κ1) is 20.3. The van der Waals surface area contributed by atoms with Crippen LogP contribution in [0.4, 0.5) is 0 Å². The Bertz CT molecular complexity index is 1000. The molecule has 0 N–H and O–H groups in total. The minimum Gasteiger partial charge on any atom is -1.00 e. The zero-order valence-electron chi connectivity index (χ0n) is 15.5. The Balaban J connectivity index is 0.000000980. The van der Waals surface area contributed by atoms with Gasteiger partial charge in [0.05, 0.1) is 0 Å². The number of halogens is 2. The molecule has 1 atom stereocenters. The number of hydrogen-bond acceptors (Lipinski definition) is 0. The summed E-state index contributed by atoms with van der Waals surface area (Å²) in [5.41, 5.74) is 12.7. The van der Waals surface area contributed by atoms with Crippen molar-refractivity contribution in [1.82, 2.24) is 0 Å². The van der Waals surface area contributed by atoms with E-state index in [0.29, 0.717) is 3.67 Å². The predicted molar refractivity (Wildman–Crippen MR) is 102 cm³/mol. The summed E-state index contributed by atoms with van der Waals surface area (Å²) < 4.78 is 0.654. The van der Waals surface area contributed by atoms with E-state index in [1.165, 1.54) is 29.9 Å². The predicted octanol–water partition coefficient (Wildman–Crippen LogP) is -1.59. The summed E-state index contributed by atoms with van der Waals surface area (Å²) >= 11 is 1.19. The van der Waals surface area contributed by atoms with Gasteiger partial charge in [0.15, 0.2) is 0 Å². The number of aryl methyl sites for hydroxylation is 1. The van der Waals surface area contributed by atoms with Gasteiger partial charge in [-0.3, -0.25) is 0 Å². The molecule has 1 aliphatic heterocycles. The molecular weight excluding hydrogens is 542 g/mol. The molecule has 0 radical (unpaired) electrons. The average molecular weight is 563 g/mol. The Hall–Kier alpha value is -0.413. The van der Waals surface area contributed by atoms with E-state index in [0.717, 1.165) is 6.42 Å². The van der Waals surface area contributed by atoms with Crippen LogP contribution in [0.15, 0.2) is 36.4 Å². The molecule has 131 valence electrons. The monoisotopic (exact) mass is 563 g/mol. The van der Waals surface area contributed by atoms with Gasteiger partial charge in [0.1, 0.15) is 0 Å². The molecule has 2 aliphatic carbocycles. The van der Waals surface area contributed by atoms with Crippen molar-refractivity contribution in [3.05, 3.63) is 64.2 Å². The molecule has 0 amide bonds. The van der Waals surface area contributed by atoms with E-state index >= 15 is 0 Å². The Morgan fingerprint density at radius 2 is 1.77 bits per heavy atom. The molecule has 3 aliphatic rings. The van der Waals surface area contributed by atoms with E-state index in [1.54, 1.807) is 49.3 Å². The van der Waals surface area contributed by atoms with Crippen LogP contribution < -0.4 is 35.2 Å². The van der Waals surface area contributed by atoms with Gasteiger partial charge in [-0.05, 0) is 0 Å². The third-order valence-corrected chi connectivity index (χ3v) is 11.7. The summed E-state index contributed by atoms with van der Waals surface area (Å²) in [6.07, 6.45) is 8.01. The second kappa shape index (κ2) is 6.58. The summed E-state index contributed by atoms with van der Waals surface area (Å²) in [5.74, 6) is 0. The third-order valence-electron chi connectivity index (χ3n) is 6.14. The van der Waals surface area contributed by atoms with Crippen molar-refractivity contribution in [2.45, 2.75) is 37.0 Å². The molecule has 1 heterocycles. The summed E-state index contributed by atoms with van der Waals surface area (Å²) in [6.45, 7) is 9.73. The number of hydrogen-bond donors (Lipinski definition) is 0. The number of benzene rings is 2. The van der Waals surface area contributed by atoms with E-state index in [1.807, 2.05) is 0 Å². The Morgan fingerprint density at radius 1 is 1.04 bits per heavy atom. The largest absolute Gasteiger partial charge is 1.00 e. The fraction of sp³-hybridized carbons (Fsp3) is 0.273. The maximum absolute atomic E-state index is 2.55. The van der Waals surface area contributed by atoms with E-state index in [4.69, 9.17) is 0 Å². The van der Waals surface area contributed by atoms with Crippen LogP contribution in [0, 0.1) is 13.8 Å². The van der Waals surface area contributed by atoms with Crippen LogP contribution in [-0.4, -0.2) is 8.07 Å². The molecule has 0 aromatic heterocycles. The fourth-order valence-electron chi connectivity index (χ4n) is 5.07. The molecule has 0 fully saturated rings. The van der Waals surface area contributed by atoms with Crippen molar-refractivity contribution < 1.29 is 49.2 Å². The molecule has 0 spiro atoms. The Labute approximate surface area is 184 Å². The average Bonchev–Trinajstić information content (AvgIpc) is 2.91. The van der Waals surface area contributed by atoms with E-state index in [9.17, 15) is 0 Å². The van der Waals surface area contributed by atoms with Crippen LogP contribution in [-0.2, 0) is 24.4 Å². The van der Waals surface area contributed by atoms with Crippen LogP contribution in [0.1, 0.15) is 37.9 Å². The molecule has 2 aromatic rings. The molecule has 0 bridgehead atoms. The van der Waals surface area contributed by atoms with Crippen molar-refractivity contribution in [1.29, 1.82) is 0 Å². The summed E-state index contributed by atoms with van der Waals surface area (Å²) in [7, 11) is -1.33. The van der Waals surface area contributed by atoms with Crippen LogP contribution in [0.5, 0.6) is 0 Å². The van der Waals surface area contributed by atoms with Gasteiger partial charge in [-0.25, -0.2) is 0 Å². The molecule has 26 heavy (non-hydrogen) atoms. The standard InChI is InChI=1S/C22H21Si.2ClH.Hf/c1-13-9-10-17-16(11-13)12-18-19(15-7-5-6-8-15)14(2)21-22(20(17)18)23(21,3)4;;;/h5-7,9-12H,8H2,1-4H3;2*1H;/q;;;+2/p-2. The molecular formula is C22H21Cl2HfSi. The molecule has 0 saturated heterocycles. The molecule has 1 unspecified atom stereocenters. The van der Waals surface area contributed by atoms with Crippen molar-refractivity contribution in [2.24, 2.45) is 0 Å². The summed E-state index contributed by atoms with van der Waals surface area (Å²) in [5, 5.41) is 3.53. The first-order valence-electron chi connectivity index (χ1n) is 8.82. The molecule has 5 rings (SSSR count). The fourth-order valence-corrected chi connectivity index (χ4v) is 10.9. The van der Waals surface area contributed by atoms with E-state index in [-0.39, 0.29) is 24.8 Å². The first-order chi connectivity index (χ1) is 11.4. The van der Waals surface area contributed by atoms with Crippen molar-refractivity contribution in [3.8, 4) is 11.1 Å². The van der Waals surface area contributed by atoms with Crippen molar-refractivity contribution in [3.63, 3.8) is 0 Å². The van der Waals surface area contributed by atoms with Gasteiger partial charge in [-0.1, -0.05) is 0 Å². The van der Waals surface area contributed by atoms with E-state index < -0.39 is 8.07 Å². The minimum absolute atomic E-state index is 0. The third kappa shape index (κ3) is 2.49. The van der Waals surface area contributed by atoms with Gasteiger partial charge in [0, 0.05) is 0 Å². The Kier molecular flexibility index (Phi) is 5.15. The maximum atomic E-state index is 2.55. The zero-order valence-corrected chi connectivity index (χ0v) is 21.6. The first-order valence-corrected chi connectivity index (χ1v) is 13.9. The normalized spacial score (nSPS) is 19.8. The molecule has 2 aromatic carbocycles. The van der Waals surface area contributed by atoms with Gasteiger partial charge in [-0.2, -0.15) is 0 Å². The smallest absolute Gasteiger partial charge is 1.00 e. The van der Waals surface area contributed by atoms with Crippen molar-refractivity contribution in [2.75, 3.05) is 0 Å². The van der Waals surface area contributed by atoms with Crippen molar-refractivity contribution >= 4 is 24.0 Å². The summed E-state index contributed by atoms with van der Waals surface area (Å²) in [4.78, 5) is 0. The number of rotatable bonds is 1. The molecule has 4 heteroatoms. The van der Waals surface area contributed by atoms with E-state index in [2.05, 4.69) is 63.4 Å². The van der Waals surface area contributed by atoms with Crippen LogP contribution in [0.2, 0.25) is 13.1 Å². The van der Waals surface area contributed by atoms with Gasteiger partial charge < -0.3 is 24.8 Å². The van der Waals surface area contributed by atoms with Gasteiger partial charge >= 0.3 is 161 Å². The minimum atomic E-state index is -1.33. The number of allylic oxidation sites excluding steroid dienone is 4. The molecule has 0 nitrogen and oxygen atoms in total. The summed E-state index contributed by atoms with van der Waals surface area (Å²) in [6, 6.07) is 7.17. The maximum Gasteiger partial charge on any atom is -1.00 e. The second-order valence-electron chi connectivity index (χ2n) is 8.01. The second-order valence-corrected chi connectivity index (χ2v) is 14.3. The topological polar surface area (TPSA) is 0 Å².